The third kappa shape index (κ3) is 3.61. The molecule has 0 aromatic carbocycles. The predicted octanol–water partition coefficient (Wildman–Crippen LogP) is 2.39. The van der Waals surface area contributed by atoms with Crippen molar-refractivity contribution in [1.29, 1.82) is 0 Å². The highest BCUT2D eigenvalue weighted by atomic mass is 16.5. The van der Waals surface area contributed by atoms with Crippen LogP contribution in [0, 0.1) is 0 Å². The van der Waals surface area contributed by atoms with Crippen LogP contribution in [0.2, 0.25) is 0 Å². The smallest absolute Gasteiger partial charge is 0.358 e. The van der Waals surface area contributed by atoms with Crippen LogP contribution in [0.5, 0.6) is 5.75 Å². The van der Waals surface area contributed by atoms with Gasteiger partial charge in [0.2, 0.25) is 0 Å². The highest BCUT2D eigenvalue weighted by Gasteiger charge is 2.24. The number of carbonyl (C=O) groups is 1. The summed E-state index contributed by atoms with van der Waals surface area (Å²) in [6, 6.07) is 0. The van der Waals surface area contributed by atoms with E-state index in [2.05, 4.69) is 10.00 Å². The summed E-state index contributed by atoms with van der Waals surface area (Å²) in [7, 11) is 0. The SMILES string of the molecule is O=C(O)c1c(OC2CCCC2)cnn1CCN1CCCCC1. The molecule has 122 valence electrons. The number of ether oxygens (including phenoxy) is 1. The minimum absolute atomic E-state index is 0.151. The molecule has 1 aromatic heterocycles. The summed E-state index contributed by atoms with van der Waals surface area (Å²) in [6.07, 6.45) is 9.85. The third-order valence-electron chi connectivity index (χ3n) is 4.68. The molecule has 0 atom stereocenters. The zero-order chi connectivity index (χ0) is 15.4. The van der Waals surface area contributed by atoms with Gasteiger partial charge in [-0.05, 0) is 51.6 Å². The number of rotatable bonds is 6. The van der Waals surface area contributed by atoms with E-state index in [-0.39, 0.29) is 11.8 Å². The molecule has 0 spiro atoms. The van der Waals surface area contributed by atoms with Gasteiger partial charge >= 0.3 is 5.97 Å². The van der Waals surface area contributed by atoms with Crippen LogP contribution >= 0.6 is 0 Å². The number of aromatic nitrogens is 2. The molecular formula is C16H25N3O3. The van der Waals surface area contributed by atoms with Gasteiger partial charge in [0, 0.05) is 6.54 Å². The average Bonchev–Trinajstić information content (AvgIpc) is 3.16. The van der Waals surface area contributed by atoms with Gasteiger partial charge in [-0.3, -0.25) is 4.68 Å². The van der Waals surface area contributed by atoms with Crippen molar-refractivity contribution >= 4 is 5.97 Å². The lowest BCUT2D eigenvalue weighted by molar-refractivity contribution is 0.0673. The molecule has 3 rings (SSSR count). The zero-order valence-electron chi connectivity index (χ0n) is 13.0. The Morgan fingerprint density at radius 1 is 1.18 bits per heavy atom. The van der Waals surface area contributed by atoms with Crippen LogP contribution in [0.3, 0.4) is 0 Å². The van der Waals surface area contributed by atoms with Gasteiger partial charge in [-0.25, -0.2) is 4.79 Å². The monoisotopic (exact) mass is 307 g/mol. The Morgan fingerprint density at radius 3 is 2.59 bits per heavy atom. The minimum atomic E-state index is -0.954. The third-order valence-corrected chi connectivity index (χ3v) is 4.68. The van der Waals surface area contributed by atoms with E-state index in [9.17, 15) is 9.90 Å². The normalized spacial score (nSPS) is 20.4. The first-order valence-corrected chi connectivity index (χ1v) is 8.42. The van der Waals surface area contributed by atoms with Crippen LogP contribution < -0.4 is 4.74 Å². The first kappa shape index (κ1) is 15.3. The molecule has 1 aromatic rings. The van der Waals surface area contributed by atoms with Crippen LogP contribution in [-0.4, -0.2) is 51.5 Å². The summed E-state index contributed by atoms with van der Waals surface area (Å²) in [6.45, 7) is 3.67. The molecule has 2 fully saturated rings. The van der Waals surface area contributed by atoms with Crippen molar-refractivity contribution in [3.8, 4) is 5.75 Å². The second-order valence-electron chi connectivity index (χ2n) is 6.31. The molecular weight excluding hydrogens is 282 g/mol. The average molecular weight is 307 g/mol. The summed E-state index contributed by atoms with van der Waals surface area (Å²) in [5.41, 5.74) is 0.198. The highest BCUT2D eigenvalue weighted by molar-refractivity contribution is 5.88. The molecule has 0 bridgehead atoms. The fourth-order valence-corrected chi connectivity index (χ4v) is 3.44. The van der Waals surface area contributed by atoms with Gasteiger partial charge in [-0.15, -0.1) is 0 Å². The Morgan fingerprint density at radius 2 is 1.91 bits per heavy atom. The molecule has 6 nitrogen and oxygen atoms in total. The number of nitrogens with zero attached hydrogens (tertiary/aromatic N) is 3. The summed E-state index contributed by atoms with van der Waals surface area (Å²) >= 11 is 0. The maximum absolute atomic E-state index is 11.6. The lowest BCUT2D eigenvalue weighted by Crippen LogP contribution is -2.33. The van der Waals surface area contributed by atoms with Crippen molar-refractivity contribution in [2.75, 3.05) is 19.6 Å². The molecule has 0 unspecified atom stereocenters. The number of piperidine rings is 1. The first-order valence-electron chi connectivity index (χ1n) is 8.42. The van der Waals surface area contributed by atoms with Crippen LogP contribution in [0.25, 0.3) is 0 Å². The highest BCUT2D eigenvalue weighted by Crippen LogP contribution is 2.26. The second kappa shape index (κ2) is 7.13. The summed E-state index contributed by atoms with van der Waals surface area (Å²) in [5, 5.41) is 13.7. The number of aromatic carboxylic acids is 1. The molecule has 1 saturated heterocycles. The zero-order valence-corrected chi connectivity index (χ0v) is 13.0. The van der Waals surface area contributed by atoms with Crippen molar-refractivity contribution in [1.82, 2.24) is 14.7 Å². The van der Waals surface area contributed by atoms with Crippen LogP contribution in [-0.2, 0) is 6.54 Å². The molecule has 0 amide bonds. The van der Waals surface area contributed by atoms with Gasteiger partial charge in [0.15, 0.2) is 11.4 Å². The molecule has 1 N–H and O–H groups in total. The topological polar surface area (TPSA) is 67.6 Å². The summed E-state index contributed by atoms with van der Waals surface area (Å²) in [5.74, 6) is -0.526. The Labute approximate surface area is 131 Å². The molecule has 1 aliphatic heterocycles. The van der Waals surface area contributed by atoms with Crippen molar-refractivity contribution in [3.05, 3.63) is 11.9 Å². The second-order valence-corrected chi connectivity index (χ2v) is 6.31. The molecule has 1 aliphatic carbocycles. The number of likely N-dealkylation sites (tertiary alicyclic amines) is 1. The van der Waals surface area contributed by atoms with E-state index in [0.717, 1.165) is 45.3 Å². The largest absolute Gasteiger partial charge is 0.486 e. The van der Waals surface area contributed by atoms with Gasteiger partial charge in [0.05, 0.1) is 18.8 Å². The van der Waals surface area contributed by atoms with E-state index < -0.39 is 5.97 Å². The van der Waals surface area contributed by atoms with Crippen molar-refractivity contribution in [3.63, 3.8) is 0 Å². The Bertz CT molecular complexity index is 503. The standard InChI is InChI=1S/C16H25N3O3/c20-16(21)15-14(22-13-6-2-3-7-13)12-17-19(15)11-10-18-8-4-1-5-9-18/h12-13H,1-11H2,(H,20,21). The van der Waals surface area contributed by atoms with Gasteiger partial charge in [0.25, 0.3) is 0 Å². The van der Waals surface area contributed by atoms with E-state index >= 15 is 0 Å². The molecule has 0 radical (unpaired) electrons. The van der Waals surface area contributed by atoms with Gasteiger partial charge < -0.3 is 14.7 Å². The van der Waals surface area contributed by atoms with E-state index in [1.54, 1.807) is 10.9 Å². The predicted molar refractivity (Wildman–Crippen MR) is 82.4 cm³/mol. The number of hydrogen-bond acceptors (Lipinski definition) is 4. The minimum Gasteiger partial charge on any atom is -0.486 e. The Balaban J connectivity index is 1.64. The van der Waals surface area contributed by atoms with Crippen molar-refractivity contribution < 1.29 is 14.6 Å². The molecule has 2 heterocycles. The van der Waals surface area contributed by atoms with Crippen LogP contribution in [0.1, 0.15) is 55.4 Å². The molecule has 6 heteroatoms. The Kier molecular flexibility index (Phi) is 4.97. The molecule has 2 aliphatic rings. The number of hydrogen-bond donors (Lipinski definition) is 1. The quantitative estimate of drug-likeness (QED) is 0.874. The Hall–Kier alpha value is -1.56. The van der Waals surface area contributed by atoms with Crippen LogP contribution in [0.15, 0.2) is 6.20 Å². The lowest BCUT2D eigenvalue weighted by Gasteiger charge is -2.26. The van der Waals surface area contributed by atoms with E-state index in [4.69, 9.17) is 4.74 Å². The fourth-order valence-electron chi connectivity index (χ4n) is 3.44. The van der Waals surface area contributed by atoms with Gasteiger partial charge in [-0.2, -0.15) is 5.10 Å². The van der Waals surface area contributed by atoms with E-state index in [1.165, 1.54) is 19.3 Å². The fraction of sp³-hybridized carbons (Fsp3) is 0.750. The van der Waals surface area contributed by atoms with Crippen LogP contribution in [0.4, 0.5) is 0 Å². The van der Waals surface area contributed by atoms with E-state index in [1.807, 2.05) is 0 Å². The van der Waals surface area contributed by atoms with E-state index in [0.29, 0.717) is 12.3 Å². The van der Waals surface area contributed by atoms with Crippen molar-refractivity contribution in [2.45, 2.75) is 57.6 Å². The maximum Gasteiger partial charge on any atom is 0.358 e. The summed E-state index contributed by atoms with van der Waals surface area (Å²) in [4.78, 5) is 14.0. The van der Waals surface area contributed by atoms with Crippen molar-refractivity contribution in [2.24, 2.45) is 0 Å². The summed E-state index contributed by atoms with van der Waals surface area (Å²) < 4.78 is 7.45. The number of carboxylic acid groups (broad SMARTS) is 1. The lowest BCUT2D eigenvalue weighted by atomic mass is 10.1. The first-order chi connectivity index (χ1) is 10.7. The molecule has 22 heavy (non-hydrogen) atoms. The molecule has 1 saturated carbocycles. The maximum atomic E-state index is 11.6. The van der Waals surface area contributed by atoms with Gasteiger partial charge in [0.1, 0.15) is 0 Å². The number of carboxylic acids is 1. The van der Waals surface area contributed by atoms with Gasteiger partial charge in [-0.1, -0.05) is 6.42 Å².